The minimum absolute atomic E-state index is 0.0379. The number of nitrogens with two attached hydrogens (primary N) is 1. The zero-order valence-corrected chi connectivity index (χ0v) is 9.76. The number of hydrogen-bond acceptors (Lipinski definition) is 2. The van der Waals surface area contributed by atoms with Crippen molar-refractivity contribution in [3.63, 3.8) is 0 Å². The second kappa shape index (κ2) is 3.53. The van der Waals surface area contributed by atoms with Crippen molar-refractivity contribution in [3.05, 3.63) is 28.8 Å². The van der Waals surface area contributed by atoms with E-state index in [9.17, 15) is 0 Å². The van der Waals surface area contributed by atoms with Crippen LogP contribution in [0.5, 0.6) is 5.75 Å². The minimum Gasteiger partial charge on any atom is -0.491 e. The Hall–Kier alpha value is -1.02. The number of rotatable bonds is 3. The molecule has 1 aromatic carbocycles. The van der Waals surface area contributed by atoms with Crippen molar-refractivity contribution < 1.29 is 4.74 Å². The summed E-state index contributed by atoms with van der Waals surface area (Å²) in [6.07, 6.45) is 2.19. The molecule has 0 bridgehead atoms. The van der Waals surface area contributed by atoms with E-state index in [4.69, 9.17) is 10.5 Å². The summed E-state index contributed by atoms with van der Waals surface area (Å²) in [6, 6.07) is 4.30. The largest absolute Gasteiger partial charge is 0.491 e. The minimum atomic E-state index is -0.0379. The molecule has 82 valence electrons. The quantitative estimate of drug-likeness (QED) is 0.822. The van der Waals surface area contributed by atoms with Crippen LogP contribution in [-0.4, -0.2) is 12.1 Å². The van der Waals surface area contributed by atoms with E-state index in [0.717, 1.165) is 18.6 Å². The monoisotopic (exact) mass is 205 g/mol. The van der Waals surface area contributed by atoms with E-state index < -0.39 is 0 Å². The molecule has 1 aliphatic rings. The van der Waals surface area contributed by atoms with Crippen molar-refractivity contribution in [1.82, 2.24) is 0 Å². The van der Waals surface area contributed by atoms with Crippen LogP contribution >= 0.6 is 0 Å². The molecule has 1 fully saturated rings. The summed E-state index contributed by atoms with van der Waals surface area (Å²) in [6.45, 7) is 6.93. The number of ether oxygens (including phenoxy) is 1. The van der Waals surface area contributed by atoms with Gasteiger partial charge in [0.2, 0.25) is 0 Å². The molecule has 0 saturated heterocycles. The summed E-state index contributed by atoms with van der Waals surface area (Å²) in [5.74, 6) is 1.01. The fourth-order valence-corrected chi connectivity index (χ4v) is 1.92. The van der Waals surface area contributed by atoms with Crippen molar-refractivity contribution in [1.29, 1.82) is 0 Å². The van der Waals surface area contributed by atoms with Crippen LogP contribution in [0.25, 0.3) is 0 Å². The second-order valence-electron chi connectivity index (χ2n) is 4.88. The lowest BCUT2D eigenvalue weighted by Gasteiger charge is -2.15. The molecule has 2 nitrogen and oxygen atoms in total. The summed E-state index contributed by atoms with van der Waals surface area (Å²) in [7, 11) is 0. The second-order valence-corrected chi connectivity index (χ2v) is 4.88. The topological polar surface area (TPSA) is 35.2 Å². The Bertz CT molecular complexity index is 357. The van der Waals surface area contributed by atoms with Crippen molar-refractivity contribution in [2.24, 2.45) is 5.73 Å². The third-order valence-corrected chi connectivity index (χ3v) is 3.00. The van der Waals surface area contributed by atoms with E-state index in [0.29, 0.717) is 6.61 Å². The summed E-state index contributed by atoms with van der Waals surface area (Å²) in [4.78, 5) is 0. The number of benzene rings is 1. The Morgan fingerprint density at radius 3 is 2.20 bits per heavy atom. The molecule has 1 aliphatic carbocycles. The fourth-order valence-electron chi connectivity index (χ4n) is 1.92. The molecule has 0 unspecified atom stereocenters. The Morgan fingerprint density at radius 1 is 1.20 bits per heavy atom. The van der Waals surface area contributed by atoms with Gasteiger partial charge in [0.05, 0.1) is 5.54 Å². The molecule has 1 saturated carbocycles. The van der Waals surface area contributed by atoms with Crippen LogP contribution in [0.3, 0.4) is 0 Å². The van der Waals surface area contributed by atoms with Crippen LogP contribution in [0.2, 0.25) is 0 Å². The van der Waals surface area contributed by atoms with Gasteiger partial charge in [0.15, 0.2) is 0 Å². The molecule has 15 heavy (non-hydrogen) atoms. The maximum Gasteiger partial charge on any atom is 0.125 e. The number of hydrogen-bond donors (Lipinski definition) is 1. The lowest BCUT2D eigenvalue weighted by atomic mass is 10.1. The predicted octanol–water partition coefficient (Wildman–Crippen LogP) is 2.48. The average Bonchev–Trinajstić information content (AvgIpc) is 2.82. The normalized spacial score (nSPS) is 17.6. The van der Waals surface area contributed by atoms with E-state index in [1.807, 2.05) is 0 Å². The maximum absolute atomic E-state index is 6.00. The van der Waals surface area contributed by atoms with Gasteiger partial charge in [-0.15, -0.1) is 0 Å². The highest BCUT2D eigenvalue weighted by Gasteiger charge is 2.39. The van der Waals surface area contributed by atoms with Gasteiger partial charge in [-0.3, -0.25) is 0 Å². The molecule has 1 aromatic rings. The first kappa shape index (κ1) is 10.5. The highest BCUT2D eigenvalue weighted by molar-refractivity contribution is 5.43. The molecule has 0 aromatic heterocycles. The van der Waals surface area contributed by atoms with Gasteiger partial charge in [-0.2, -0.15) is 0 Å². The van der Waals surface area contributed by atoms with E-state index in [1.165, 1.54) is 16.7 Å². The highest BCUT2D eigenvalue weighted by atomic mass is 16.5. The Labute approximate surface area is 91.4 Å². The van der Waals surface area contributed by atoms with Gasteiger partial charge >= 0.3 is 0 Å². The van der Waals surface area contributed by atoms with Gasteiger partial charge < -0.3 is 10.5 Å². The van der Waals surface area contributed by atoms with Crippen LogP contribution in [0.4, 0.5) is 0 Å². The molecule has 0 aliphatic heterocycles. The predicted molar refractivity (Wildman–Crippen MR) is 62.3 cm³/mol. The van der Waals surface area contributed by atoms with E-state index in [-0.39, 0.29) is 5.54 Å². The Morgan fingerprint density at radius 2 is 1.73 bits per heavy atom. The summed E-state index contributed by atoms with van der Waals surface area (Å²) in [5.41, 5.74) is 9.66. The zero-order chi connectivity index (χ0) is 11.1. The fraction of sp³-hybridized carbons (Fsp3) is 0.538. The van der Waals surface area contributed by atoms with Gasteiger partial charge in [0.1, 0.15) is 12.4 Å². The lowest BCUT2D eigenvalue weighted by molar-refractivity contribution is 0.276. The van der Waals surface area contributed by atoms with E-state index >= 15 is 0 Å². The molecule has 0 amide bonds. The molecule has 0 atom stereocenters. The van der Waals surface area contributed by atoms with Gasteiger partial charge in [0.25, 0.3) is 0 Å². The standard InChI is InChI=1S/C13H19NO/c1-9-6-10(2)12(11(3)7-9)15-8-13(14)4-5-13/h6-7H,4-5,8,14H2,1-3H3. The Kier molecular flexibility index (Phi) is 2.47. The average molecular weight is 205 g/mol. The first-order chi connectivity index (χ1) is 7.00. The molecule has 0 radical (unpaired) electrons. The van der Waals surface area contributed by atoms with Crippen molar-refractivity contribution >= 4 is 0 Å². The molecule has 0 heterocycles. The van der Waals surface area contributed by atoms with Crippen LogP contribution in [0.15, 0.2) is 12.1 Å². The summed E-state index contributed by atoms with van der Waals surface area (Å²) < 4.78 is 5.82. The first-order valence-corrected chi connectivity index (χ1v) is 5.50. The van der Waals surface area contributed by atoms with Crippen molar-refractivity contribution in [2.45, 2.75) is 39.2 Å². The smallest absolute Gasteiger partial charge is 0.125 e. The van der Waals surface area contributed by atoms with Gasteiger partial charge in [-0.1, -0.05) is 17.7 Å². The van der Waals surface area contributed by atoms with Gasteiger partial charge in [0, 0.05) is 0 Å². The molecule has 2 heteroatoms. The number of aryl methyl sites for hydroxylation is 3. The zero-order valence-electron chi connectivity index (χ0n) is 9.76. The van der Waals surface area contributed by atoms with E-state index in [2.05, 4.69) is 32.9 Å². The first-order valence-electron chi connectivity index (χ1n) is 5.50. The lowest BCUT2D eigenvalue weighted by Crippen LogP contribution is -2.30. The molecular weight excluding hydrogens is 186 g/mol. The molecular formula is C13H19NO. The van der Waals surface area contributed by atoms with Crippen LogP contribution < -0.4 is 10.5 Å². The van der Waals surface area contributed by atoms with Crippen LogP contribution in [0.1, 0.15) is 29.5 Å². The molecule has 2 rings (SSSR count). The third kappa shape index (κ3) is 2.32. The van der Waals surface area contributed by atoms with Crippen LogP contribution in [0, 0.1) is 20.8 Å². The third-order valence-electron chi connectivity index (χ3n) is 3.00. The van der Waals surface area contributed by atoms with Crippen molar-refractivity contribution in [2.75, 3.05) is 6.61 Å². The molecule has 0 spiro atoms. The van der Waals surface area contributed by atoms with Crippen LogP contribution in [-0.2, 0) is 0 Å². The van der Waals surface area contributed by atoms with Gasteiger partial charge in [-0.05, 0) is 44.7 Å². The van der Waals surface area contributed by atoms with E-state index in [1.54, 1.807) is 0 Å². The van der Waals surface area contributed by atoms with Crippen molar-refractivity contribution in [3.8, 4) is 5.75 Å². The maximum atomic E-state index is 6.00. The highest BCUT2D eigenvalue weighted by Crippen LogP contribution is 2.34. The Balaban J connectivity index is 2.13. The van der Waals surface area contributed by atoms with Gasteiger partial charge in [-0.25, -0.2) is 0 Å². The SMILES string of the molecule is Cc1cc(C)c(OCC2(N)CC2)c(C)c1. The summed E-state index contributed by atoms with van der Waals surface area (Å²) in [5, 5.41) is 0. The summed E-state index contributed by atoms with van der Waals surface area (Å²) >= 11 is 0. The molecule has 2 N–H and O–H groups in total.